The maximum Gasteiger partial charge on any atom is 0.416 e. The number of rotatable bonds is 4. The lowest BCUT2D eigenvalue weighted by Crippen LogP contribution is -2.20. The number of nitrogens with zero attached hydrogens (tertiary/aromatic N) is 2. The number of amides is 2. The Hall–Kier alpha value is -3.33. The molecule has 0 unspecified atom stereocenters. The van der Waals surface area contributed by atoms with E-state index in [1.807, 2.05) is 0 Å². The number of anilines is 2. The average Bonchev–Trinajstić information content (AvgIpc) is 2.64. The zero-order chi connectivity index (χ0) is 21.9. The first-order valence-corrected chi connectivity index (χ1v) is 9.01. The van der Waals surface area contributed by atoms with Crippen LogP contribution in [0.5, 0.6) is 11.6 Å². The molecule has 0 aliphatic heterocycles. The van der Waals surface area contributed by atoms with Crippen LogP contribution < -0.4 is 15.4 Å². The summed E-state index contributed by atoms with van der Waals surface area (Å²) in [6.07, 6.45) is -3.22. The van der Waals surface area contributed by atoms with Gasteiger partial charge in [-0.3, -0.25) is 0 Å². The molecule has 0 spiro atoms. The number of ether oxygens (including phenoxy) is 1. The van der Waals surface area contributed by atoms with E-state index in [9.17, 15) is 18.0 Å². The summed E-state index contributed by atoms with van der Waals surface area (Å²) in [4.78, 5) is 20.0. The molecule has 2 aromatic carbocycles. The van der Waals surface area contributed by atoms with Crippen LogP contribution in [-0.2, 0) is 6.18 Å². The highest BCUT2D eigenvalue weighted by molar-refractivity contribution is 6.29. The number of aryl methyl sites for hydroxylation is 2. The van der Waals surface area contributed by atoms with Crippen LogP contribution >= 0.6 is 11.6 Å². The molecule has 2 N–H and O–H groups in total. The molecule has 0 aliphatic rings. The monoisotopic (exact) mass is 436 g/mol. The summed E-state index contributed by atoms with van der Waals surface area (Å²) in [5, 5.41) is 5.22. The molecule has 0 radical (unpaired) electrons. The highest BCUT2D eigenvalue weighted by atomic mass is 35.5. The summed E-state index contributed by atoms with van der Waals surface area (Å²) in [6.45, 7) is 3.56. The van der Waals surface area contributed by atoms with Crippen molar-refractivity contribution in [1.82, 2.24) is 9.97 Å². The first kappa shape index (κ1) is 21.4. The van der Waals surface area contributed by atoms with Crippen LogP contribution in [0.15, 0.2) is 48.8 Å². The summed E-state index contributed by atoms with van der Waals surface area (Å²) in [5.41, 5.74) is 1.04. The van der Waals surface area contributed by atoms with Crippen LogP contribution in [0.25, 0.3) is 0 Å². The molecule has 1 heterocycles. The minimum Gasteiger partial charge on any atom is -0.438 e. The largest absolute Gasteiger partial charge is 0.438 e. The predicted octanol–water partition coefficient (Wildman–Crippen LogP) is 6.20. The number of hydrogen-bond acceptors (Lipinski definition) is 4. The Morgan fingerprint density at radius 1 is 1.00 bits per heavy atom. The van der Waals surface area contributed by atoms with Crippen LogP contribution in [0.4, 0.5) is 29.3 Å². The van der Waals surface area contributed by atoms with Crippen LogP contribution in [0.2, 0.25) is 5.15 Å². The van der Waals surface area contributed by atoms with Gasteiger partial charge in [-0.1, -0.05) is 17.7 Å². The Morgan fingerprint density at radius 3 is 2.30 bits per heavy atom. The van der Waals surface area contributed by atoms with Crippen molar-refractivity contribution in [2.24, 2.45) is 0 Å². The molecule has 0 fully saturated rings. The van der Waals surface area contributed by atoms with Gasteiger partial charge < -0.3 is 15.4 Å². The number of hydrogen-bond donors (Lipinski definition) is 2. The van der Waals surface area contributed by atoms with Gasteiger partial charge in [-0.2, -0.15) is 13.2 Å². The molecule has 0 saturated carbocycles. The zero-order valence-electron chi connectivity index (χ0n) is 15.8. The van der Waals surface area contributed by atoms with Crippen molar-refractivity contribution in [2.75, 3.05) is 10.6 Å². The van der Waals surface area contributed by atoms with Crippen LogP contribution in [-0.4, -0.2) is 16.0 Å². The lowest BCUT2D eigenvalue weighted by atomic mass is 10.1. The topological polar surface area (TPSA) is 76.1 Å². The van der Waals surface area contributed by atoms with E-state index in [1.54, 1.807) is 26.0 Å². The van der Waals surface area contributed by atoms with Crippen LogP contribution in [0, 0.1) is 13.8 Å². The summed E-state index contributed by atoms with van der Waals surface area (Å²) >= 11 is 5.83. The Bertz CT molecular complexity index is 1070. The van der Waals surface area contributed by atoms with Gasteiger partial charge in [0.25, 0.3) is 0 Å². The molecule has 0 aliphatic carbocycles. The zero-order valence-corrected chi connectivity index (χ0v) is 16.6. The summed E-state index contributed by atoms with van der Waals surface area (Å²) in [5.74, 6) is 0.804. The molecule has 156 valence electrons. The number of carbonyl (C=O) groups is 1. The first-order valence-electron chi connectivity index (χ1n) is 8.64. The smallest absolute Gasteiger partial charge is 0.416 e. The van der Waals surface area contributed by atoms with E-state index in [1.165, 1.54) is 24.5 Å². The fourth-order valence-electron chi connectivity index (χ4n) is 2.73. The Labute approximate surface area is 175 Å². The van der Waals surface area contributed by atoms with Crippen LogP contribution in [0.1, 0.15) is 16.7 Å². The van der Waals surface area contributed by atoms with Gasteiger partial charge in [0, 0.05) is 17.4 Å². The number of carbonyl (C=O) groups excluding carboxylic acids is 1. The van der Waals surface area contributed by atoms with Gasteiger partial charge in [0.1, 0.15) is 17.2 Å². The van der Waals surface area contributed by atoms with Crippen LogP contribution in [0.3, 0.4) is 0 Å². The molecule has 10 heteroatoms. The highest BCUT2D eigenvalue weighted by Crippen LogP contribution is 2.32. The second-order valence-electron chi connectivity index (χ2n) is 6.38. The Morgan fingerprint density at radius 2 is 1.67 bits per heavy atom. The number of benzene rings is 2. The van der Waals surface area contributed by atoms with Gasteiger partial charge in [0.05, 0.1) is 5.56 Å². The minimum atomic E-state index is -4.49. The summed E-state index contributed by atoms with van der Waals surface area (Å²) in [6, 6.07) is 8.50. The fraction of sp³-hybridized carbons (Fsp3) is 0.150. The van der Waals surface area contributed by atoms with E-state index in [0.29, 0.717) is 22.6 Å². The molecular weight excluding hydrogens is 421 g/mol. The molecule has 1 aromatic heterocycles. The van der Waals surface area contributed by atoms with Gasteiger partial charge in [0.15, 0.2) is 0 Å². The number of alkyl halides is 3. The van der Waals surface area contributed by atoms with Crippen molar-refractivity contribution in [1.29, 1.82) is 0 Å². The van der Waals surface area contributed by atoms with E-state index < -0.39 is 17.8 Å². The predicted molar refractivity (Wildman–Crippen MR) is 107 cm³/mol. The van der Waals surface area contributed by atoms with Crippen molar-refractivity contribution in [3.8, 4) is 11.6 Å². The summed E-state index contributed by atoms with van der Waals surface area (Å²) < 4.78 is 44.2. The molecule has 0 atom stereocenters. The molecule has 6 nitrogen and oxygen atoms in total. The third-order valence-corrected chi connectivity index (χ3v) is 4.19. The lowest BCUT2D eigenvalue weighted by molar-refractivity contribution is -0.137. The maximum absolute atomic E-state index is 12.8. The molecule has 2 amide bonds. The van der Waals surface area contributed by atoms with E-state index >= 15 is 0 Å². The van der Waals surface area contributed by atoms with Gasteiger partial charge in [-0.25, -0.2) is 14.8 Å². The van der Waals surface area contributed by atoms with E-state index in [4.69, 9.17) is 16.3 Å². The normalized spacial score (nSPS) is 11.1. The maximum atomic E-state index is 12.8. The minimum absolute atomic E-state index is 0.0244. The lowest BCUT2D eigenvalue weighted by Gasteiger charge is -2.14. The van der Waals surface area contributed by atoms with Crippen molar-refractivity contribution in [2.45, 2.75) is 20.0 Å². The second-order valence-corrected chi connectivity index (χ2v) is 6.77. The van der Waals surface area contributed by atoms with E-state index in [2.05, 4.69) is 20.6 Å². The number of halogens is 4. The standard InChI is InChI=1S/C20H16ClF3N4O2/c1-11-6-15(7-12(2)18(11)30-17-9-16(21)25-10-26-17)28-19(29)27-14-5-3-4-13(8-14)20(22,23)24/h3-10H,1-2H3,(H2,27,28,29). The number of urea groups is 1. The van der Waals surface area contributed by atoms with Crippen molar-refractivity contribution in [3.63, 3.8) is 0 Å². The third-order valence-electron chi connectivity index (χ3n) is 3.98. The SMILES string of the molecule is Cc1cc(NC(=O)Nc2cccc(C(F)(F)F)c2)cc(C)c1Oc1cc(Cl)ncn1. The third kappa shape index (κ3) is 5.38. The Balaban J connectivity index is 1.72. The average molecular weight is 437 g/mol. The van der Waals surface area contributed by atoms with Crippen molar-refractivity contribution in [3.05, 3.63) is 70.6 Å². The molecule has 3 rings (SSSR count). The molecular formula is C20H16ClF3N4O2. The van der Waals surface area contributed by atoms with Gasteiger partial charge in [-0.15, -0.1) is 0 Å². The van der Waals surface area contributed by atoms with Gasteiger partial charge >= 0.3 is 12.2 Å². The van der Waals surface area contributed by atoms with Gasteiger partial charge in [0.2, 0.25) is 5.88 Å². The summed E-state index contributed by atoms with van der Waals surface area (Å²) in [7, 11) is 0. The van der Waals surface area contributed by atoms with Crippen molar-refractivity contribution >= 4 is 29.0 Å². The first-order chi connectivity index (χ1) is 14.1. The molecule has 3 aromatic rings. The Kier molecular flexibility index (Phi) is 6.12. The molecule has 30 heavy (non-hydrogen) atoms. The van der Waals surface area contributed by atoms with Gasteiger partial charge in [-0.05, 0) is 55.3 Å². The van der Waals surface area contributed by atoms with Crippen molar-refractivity contribution < 1.29 is 22.7 Å². The second kappa shape index (κ2) is 8.58. The number of nitrogens with one attached hydrogen (secondary N) is 2. The van der Waals surface area contributed by atoms with E-state index in [0.717, 1.165) is 12.1 Å². The van der Waals surface area contributed by atoms with E-state index in [-0.39, 0.29) is 16.7 Å². The quantitative estimate of drug-likeness (QED) is 0.477. The molecule has 0 bridgehead atoms. The fourth-order valence-corrected chi connectivity index (χ4v) is 2.86. The number of aromatic nitrogens is 2. The molecule has 0 saturated heterocycles. The highest BCUT2D eigenvalue weighted by Gasteiger charge is 2.30.